The van der Waals surface area contributed by atoms with Crippen LogP contribution in [-0.2, 0) is 11.3 Å². The Balaban J connectivity index is 1.94. The maximum atomic E-state index is 6.02. The average molecular weight is 263 g/mol. The van der Waals surface area contributed by atoms with Gasteiger partial charge in [-0.3, -0.25) is 0 Å². The molecule has 2 atom stereocenters. The van der Waals surface area contributed by atoms with Crippen molar-refractivity contribution in [3.8, 4) is 0 Å². The van der Waals surface area contributed by atoms with Gasteiger partial charge in [-0.1, -0.05) is 19.8 Å². The lowest BCUT2D eigenvalue weighted by atomic mass is 9.88. The van der Waals surface area contributed by atoms with Crippen molar-refractivity contribution in [1.29, 1.82) is 0 Å². The van der Waals surface area contributed by atoms with Gasteiger partial charge in [0.25, 0.3) is 0 Å². The van der Waals surface area contributed by atoms with Crippen molar-refractivity contribution in [1.82, 2.24) is 9.97 Å². The molecular weight excluding hydrogens is 238 g/mol. The third-order valence-electron chi connectivity index (χ3n) is 3.72. The van der Waals surface area contributed by atoms with Crippen LogP contribution in [-0.4, -0.2) is 22.6 Å². The van der Waals surface area contributed by atoms with Crippen molar-refractivity contribution in [2.45, 2.75) is 59.2 Å². The molecule has 1 aliphatic rings. The Morgan fingerprint density at radius 2 is 2.11 bits per heavy atom. The minimum Gasteiger partial charge on any atom is -0.370 e. The molecule has 1 saturated carbocycles. The summed E-state index contributed by atoms with van der Waals surface area (Å²) >= 11 is 0. The number of ether oxygens (including phenoxy) is 1. The van der Waals surface area contributed by atoms with E-state index in [1.54, 1.807) is 0 Å². The van der Waals surface area contributed by atoms with Crippen molar-refractivity contribution in [3.05, 3.63) is 17.6 Å². The summed E-state index contributed by atoms with van der Waals surface area (Å²) in [5.74, 6) is 2.34. The van der Waals surface area contributed by atoms with Crippen LogP contribution in [0, 0.1) is 12.8 Å². The second-order valence-electron chi connectivity index (χ2n) is 5.45. The van der Waals surface area contributed by atoms with E-state index in [1.807, 2.05) is 13.0 Å². The lowest BCUT2D eigenvalue weighted by Crippen LogP contribution is -2.25. The zero-order chi connectivity index (χ0) is 13.7. The summed E-state index contributed by atoms with van der Waals surface area (Å²) in [6.45, 7) is 7.74. The molecule has 106 valence electrons. The number of aryl methyl sites for hydroxylation is 1. The maximum absolute atomic E-state index is 6.02. The van der Waals surface area contributed by atoms with Crippen LogP contribution in [0.1, 0.15) is 51.0 Å². The van der Waals surface area contributed by atoms with Crippen LogP contribution >= 0.6 is 0 Å². The van der Waals surface area contributed by atoms with Gasteiger partial charge in [0.1, 0.15) is 12.4 Å². The number of anilines is 1. The van der Waals surface area contributed by atoms with Gasteiger partial charge in [0.05, 0.1) is 6.10 Å². The lowest BCUT2D eigenvalue weighted by molar-refractivity contribution is -0.0182. The first kappa shape index (κ1) is 14.3. The van der Waals surface area contributed by atoms with Crippen molar-refractivity contribution in [3.63, 3.8) is 0 Å². The summed E-state index contributed by atoms with van der Waals surface area (Å²) < 4.78 is 6.02. The van der Waals surface area contributed by atoms with Crippen LogP contribution in [0.25, 0.3) is 0 Å². The molecule has 19 heavy (non-hydrogen) atoms. The first-order valence-corrected chi connectivity index (χ1v) is 7.39. The van der Waals surface area contributed by atoms with E-state index >= 15 is 0 Å². The third-order valence-corrected chi connectivity index (χ3v) is 3.72. The average Bonchev–Trinajstić information content (AvgIpc) is 2.37. The minimum absolute atomic E-state index is 0.375. The summed E-state index contributed by atoms with van der Waals surface area (Å²) in [6.07, 6.45) is 5.45. The molecule has 1 heterocycles. The number of nitrogens with zero attached hydrogens (tertiary/aromatic N) is 2. The summed E-state index contributed by atoms with van der Waals surface area (Å²) in [6, 6.07) is 1.97. The highest BCUT2D eigenvalue weighted by molar-refractivity contribution is 5.35. The first-order valence-electron chi connectivity index (χ1n) is 7.39. The number of rotatable bonds is 5. The van der Waals surface area contributed by atoms with Crippen LogP contribution in [0.4, 0.5) is 5.82 Å². The Morgan fingerprint density at radius 3 is 2.84 bits per heavy atom. The fraction of sp³-hybridized carbons (Fsp3) is 0.733. The third kappa shape index (κ3) is 4.16. The molecule has 1 aromatic rings. The van der Waals surface area contributed by atoms with Gasteiger partial charge >= 0.3 is 0 Å². The van der Waals surface area contributed by atoms with Crippen molar-refractivity contribution in [2.24, 2.45) is 5.92 Å². The van der Waals surface area contributed by atoms with Crippen LogP contribution in [0.3, 0.4) is 0 Å². The summed E-state index contributed by atoms with van der Waals surface area (Å²) in [5.41, 5.74) is 0.987. The van der Waals surface area contributed by atoms with Crippen LogP contribution in [0.15, 0.2) is 6.07 Å². The van der Waals surface area contributed by atoms with Gasteiger partial charge in [0.2, 0.25) is 0 Å². The SMILES string of the molecule is CCNc1cc(C)nc(COC2CCCCC2C)n1. The predicted molar refractivity (Wildman–Crippen MR) is 77.1 cm³/mol. The van der Waals surface area contributed by atoms with Crippen molar-refractivity contribution < 1.29 is 4.74 Å². The van der Waals surface area contributed by atoms with E-state index < -0.39 is 0 Å². The fourth-order valence-corrected chi connectivity index (χ4v) is 2.68. The Kier molecular flexibility index (Phi) is 5.14. The number of hydrogen-bond donors (Lipinski definition) is 1. The fourth-order valence-electron chi connectivity index (χ4n) is 2.68. The van der Waals surface area contributed by atoms with E-state index in [0.29, 0.717) is 18.6 Å². The lowest BCUT2D eigenvalue weighted by Gasteiger charge is -2.28. The Bertz CT molecular complexity index is 408. The second-order valence-corrected chi connectivity index (χ2v) is 5.45. The van der Waals surface area contributed by atoms with E-state index in [-0.39, 0.29) is 0 Å². The molecule has 2 rings (SSSR count). The van der Waals surface area contributed by atoms with Crippen molar-refractivity contribution >= 4 is 5.82 Å². The second kappa shape index (κ2) is 6.85. The smallest absolute Gasteiger partial charge is 0.156 e. The van der Waals surface area contributed by atoms with E-state index in [9.17, 15) is 0 Å². The van der Waals surface area contributed by atoms with Crippen LogP contribution in [0.5, 0.6) is 0 Å². The Morgan fingerprint density at radius 1 is 1.32 bits per heavy atom. The number of hydrogen-bond acceptors (Lipinski definition) is 4. The maximum Gasteiger partial charge on any atom is 0.156 e. The molecule has 1 aliphatic carbocycles. The first-order chi connectivity index (χ1) is 9.19. The van der Waals surface area contributed by atoms with Gasteiger partial charge < -0.3 is 10.1 Å². The van der Waals surface area contributed by atoms with Gasteiger partial charge in [-0.15, -0.1) is 0 Å². The van der Waals surface area contributed by atoms with Gasteiger partial charge in [-0.2, -0.15) is 0 Å². The van der Waals surface area contributed by atoms with Gasteiger partial charge in [-0.05, 0) is 32.6 Å². The molecule has 1 fully saturated rings. The van der Waals surface area contributed by atoms with E-state index in [0.717, 1.165) is 23.9 Å². The molecule has 0 saturated heterocycles. The summed E-state index contributed by atoms with van der Waals surface area (Å²) in [4.78, 5) is 8.93. The molecule has 0 aliphatic heterocycles. The molecule has 0 radical (unpaired) electrons. The van der Waals surface area contributed by atoms with E-state index in [2.05, 4.69) is 29.1 Å². The number of nitrogens with one attached hydrogen (secondary N) is 1. The van der Waals surface area contributed by atoms with Gasteiger partial charge in [0.15, 0.2) is 5.82 Å². The monoisotopic (exact) mass is 263 g/mol. The molecule has 0 bridgehead atoms. The van der Waals surface area contributed by atoms with Crippen LogP contribution < -0.4 is 5.32 Å². The standard InChI is InChI=1S/C15H25N3O/c1-4-16-14-9-12(3)17-15(18-14)10-19-13-8-6-5-7-11(13)2/h9,11,13H,4-8,10H2,1-3H3,(H,16,17,18). The highest BCUT2D eigenvalue weighted by atomic mass is 16.5. The Labute approximate surface area is 116 Å². The quantitative estimate of drug-likeness (QED) is 0.885. The van der Waals surface area contributed by atoms with Crippen LogP contribution in [0.2, 0.25) is 0 Å². The topological polar surface area (TPSA) is 47.0 Å². The molecule has 4 heteroatoms. The largest absolute Gasteiger partial charge is 0.370 e. The molecule has 0 spiro atoms. The molecule has 0 amide bonds. The predicted octanol–water partition coefficient (Wildman–Crippen LogP) is 3.31. The highest BCUT2D eigenvalue weighted by Gasteiger charge is 2.22. The normalized spacial score (nSPS) is 23.3. The van der Waals surface area contributed by atoms with Crippen molar-refractivity contribution in [2.75, 3.05) is 11.9 Å². The van der Waals surface area contributed by atoms with Gasteiger partial charge in [-0.25, -0.2) is 9.97 Å². The van der Waals surface area contributed by atoms with E-state index in [4.69, 9.17) is 4.74 Å². The Hall–Kier alpha value is -1.16. The minimum atomic E-state index is 0.375. The highest BCUT2D eigenvalue weighted by Crippen LogP contribution is 2.26. The molecule has 0 aromatic carbocycles. The summed E-state index contributed by atoms with van der Waals surface area (Å²) in [7, 11) is 0. The molecule has 2 unspecified atom stereocenters. The molecule has 1 N–H and O–H groups in total. The molecule has 1 aromatic heterocycles. The molecule has 4 nitrogen and oxygen atoms in total. The van der Waals surface area contributed by atoms with E-state index in [1.165, 1.54) is 25.7 Å². The summed E-state index contributed by atoms with van der Waals surface area (Å²) in [5, 5.41) is 3.23. The zero-order valence-electron chi connectivity index (χ0n) is 12.3. The molecular formula is C15H25N3O. The van der Waals surface area contributed by atoms with Gasteiger partial charge in [0, 0.05) is 18.3 Å². The zero-order valence-corrected chi connectivity index (χ0v) is 12.3. The number of aromatic nitrogens is 2.